The second-order valence-electron chi connectivity index (χ2n) is 6.86. The van der Waals surface area contributed by atoms with Gasteiger partial charge in [0.25, 0.3) is 23.4 Å². The van der Waals surface area contributed by atoms with Crippen LogP contribution in [-0.2, 0) is 0 Å². The Morgan fingerprint density at radius 1 is 0.758 bits per heavy atom. The smallest absolute Gasteiger partial charge is 0.270 e. The fourth-order valence-corrected chi connectivity index (χ4v) is 2.83. The molecule has 10 heteroatoms. The number of hydrogen-bond acceptors (Lipinski definition) is 5. The van der Waals surface area contributed by atoms with Gasteiger partial charge in [0.2, 0.25) is 0 Å². The summed E-state index contributed by atoms with van der Waals surface area (Å²) in [6, 6.07) is 16.6. The molecule has 0 spiro atoms. The van der Waals surface area contributed by atoms with Crippen LogP contribution in [0.5, 0.6) is 0 Å². The number of halogens is 1. The molecule has 0 saturated carbocycles. The van der Waals surface area contributed by atoms with E-state index in [1.54, 1.807) is 12.1 Å². The van der Waals surface area contributed by atoms with Crippen molar-refractivity contribution in [1.29, 1.82) is 0 Å². The van der Waals surface area contributed by atoms with Crippen molar-refractivity contribution in [3.05, 3.63) is 105 Å². The van der Waals surface area contributed by atoms with Crippen LogP contribution in [0.3, 0.4) is 0 Å². The van der Waals surface area contributed by atoms with Gasteiger partial charge in [0, 0.05) is 47.6 Å². The molecule has 0 heterocycles. The number of non-ortho nitro benzene ring substituents is 1. The fourth-order valence-electron chi connectivity index (χ4n) is 2.83. The topological polar surface area (TPSA) is 130 Å². The standard InChI is InChI=1S/C23H19FN4O5/c24-18-8-4-16(5-9-18)23(31)27-19-10-6-15(7-11-19)21(29)25-12-13-26-22(30)17-2-1-3-20(14-17)28(32)33/h1-11,14H,12-13H2,(H,25,29)(H,26,30)(H,27,31). The molecular formula is C23H19FN4O5. The average Bonchev–Trinajstić information content (AvgIpc) is 2.82. The Kier molecular flexibility index (Phi) is 7.43. The van der Waals surface area contributed by atoms with Gasteiger partial charge < -0.3 is 16.0 Å². The van der Waals surface area contributed by atoms with E-state index < -0.39 is 22.6 Å². The number of nitro groups is 1. The third-order valence-corrected chi connectivity index (χ3v) is 4.53. The maximum Gasteiger partial charge on any atom is 0.270 e. The molecule has 0 radical (unpaired) electrons. The largest absolute Gasteiger partial charge is 0.350 e. The molecule has 3 aromatic carbocycles. The van der Waals surface area contributed by atoms with Crippen molar-refractivity contribution in [3.8, 4) is 0 Å². The van der Waals surface area contributed by atoms with Crippen molar-refractivity contribution in [2.45, 2.75) is 0 Å². The van der Waals surface area contributed by atoms with Gasteiger partial charge in [0.15, 0.2) is 0 Å². The molecule has 3 N–H and O–H groups in total. The van der Waals surface area contributed by atoms with E-state index in [1.807, 2.05) is 0 Å². The predicted octanol–water partition coefficient (Wildman–Crippen LogP) is 3.15. The molecule has 0 saturated heterocycles. The monoisotopic (exact) mass is 450 g/mol. The Bertz CT molecular complexity index is 1180. The van der Waals surface area contributed by atoms with Crippen molar-refractivity contribution < 1.29 is 23.7 Å². The van der Waals surface area contributed by atoms with Crippen LogP contribution in [0, 0.1) is 15.9 Å². The summed E-state index contributed by atoms with van der Waals surface area (Å²) < 4.78 is 13.0. The van der Waals surface area contributed by atoms with Crippen molar-refractivity contribution >= 4 is 29.1 Å². The van der Waals surface area contributed by atoms with Gasteiger partial charge in [-0.05, 0) is 54.6 Å². The van der Waals surface area contributed by atoms with E-state index in [0.29, 0.717) is 16.8 Å². The van der Waals surface area contributed by atoms with Crippen LogP contribution < -0.4 is 16.0 Å². The van der Waals surface area contributed by atoms with Gasteiger partial charge in [-0.3, -0.25) is 24.5 Å². The number of nitrogens with zero attached hydrogens (tertiary/aromatic N) is 1. The summed E-state index contributed by atoms with van der Waals surface area (Å²) in [4.78, 5) is 46.7. The number of nitro benzene ring substituents is 1. The first kappa shape index (κ1) is 23.1. The van der Waals surface area contributed by atoms with Crippen molar-refractivity contribution in [1.82, 2.24) is 10.6 Å². The van der Waals surface area contributed by atoms with Crippen LogP contribution in [0.4, 0.5) is 15.8 Å². The summed E-state index contributed by atoms with van der Waals surface area (Å²) in [5.41, 5.74) is 1.07. The van der Waals surface area contributed by atoms with Crippen molar-refractivity contribution in [2.24, 2.45) is 0 Å². The van der Waals surface area contributed by atoms with E-state index in [2.05, 4.69) is 16.0 Å². The van der Waals surface area contributed by atoms with Crippen LogP contribution >= 0.6 is 0 Å². The minimum absolute atomic E-state index is 0.124. The highest BCUT2D eigenvalue weighted by molar-refractivity contribution is 6.04. The minimum atomic E-state index is -0.587. The highest BCUT2D eigenvalue weighted by Crippen LogP contribution is 2.13. The molecule has 3 amide bonds. The molecule has 0 aromatic heterocycles. The summed E-state index contributed by atoms with van der Waals surface area (Å²) in [5.74, 6) is -1.72. The number of hydrogen-bond donors (Lipinski definition) is 3. The Balaban J connectivity index is 1.45. The number of nitrogens with one attached hydrogen (secondary N) is 3. The highest BCUT2D eigenvalue weighted by atomic mass is 19.1. The summed E-state index contributed by atoms with van der Waals surface area (Å²) >= 11 is 0. The van der Waals surface area contributed by atoms with E-state index in [-0.39, 0.29) is 30.2 Å². The average molecular weight is 450 g/mol. The molecular weight excluding hydrogens is 431 g/mol. The van der Waals surface area contributed by atoms with E-state index in [0.717, 1.165) is 0 Å². The molecule has 0 unspecified atom stereocenters. The number of carbonyl (C=O) groups is 3. The normalized spacial score (nSPS) is 10.2. The lowest BCUT2D eigenvalue weighted by atomic mass is 10.1. The van der Waals surface area contributed by atoms with Gasteiger partial charge in [-0.1, -0.05) is 6.07 Å². The van der Waals surface area contributed by atoms with Gasteiger partial charge in [0.05, 0.1) is 4.92 Å². The SMILES string of the molecule is O=C(NCCNC(=O)c1cccc([N+](=O)[O-])c1)c1ccc(NC(=O)c2ccc(F)cc2)cc1. The predicted molar refractivity (Wildman–Crippen MR) is 119 cm³/mol. The van der Waals surface area contributed by atoms with E-state index >= 15 is 0 Å². The minimum Gasteiger partial charge on any atom is -0.350 e. The Labute approximate surface area is 187 Å². The third kappa shape index (κ3) is 6.44. The quantitative estimate of drug-likeness (QED) is 0.276. The van der Waals surface area contributed by atoms with Crippen LogP contribution in [-0.4, -0.2) is 35.7 Å². The lowest BCUT2D eigenvalue weighted by Crippen LogP contribution is -2.34. The first-order chi connectivity index (χ1) is 15.8. The van der Waals surface area contributed by atoms with Crippen molar-refractivity contribution in [3.63, 3.8) is 0 Å². The maximum atomic E-state index is 13.0. The van der Waals surface area contributed by atoms with Gasteiger partial charge in [-0.2, -0.15) is 0 Å². The van der Waals surface area contributed by atoms with Gasteiger partial charge >= 0.3 is 0 Å². The Morgan fingerprint density at radius 2 is 1.30 bits per heavy atom. The first-order valence-electron chi connectivity index (χ1n) is 9.81. The lowest BCUT2D eigenvalue weighted by molar-refractivity contribution is -0.384. The summed E-state index contributed by atoms with van der Waals surface area (Å²) in [5, 5.41) is 18.7. The summed E-state index contributed by atoms with van der Waals surface area (Å²) in [7, 11) is 0. The molecule has 0 aliphatic heterocycles. The summed E-state index contributed by atoms with van der Waals surface area (Å²) in [6.07, 6.45) is 0. The maximum absolute atomic E-state index is 13.0. The van der Waals surface area contributed by atoms with Crippen LogP contribution in [0.15, 0.2) is 72.8 Å². The van der Waals surface area contributed by atoms with Crippen LogP contribution in [0.2, 0.25) is 0 Å². The second-order valence-corrected chi connectivity index (χ2v) is 6.86. The number of carbonyl (C=O) groups excluding carboxylic acids is 3. The van der Waals surface area contributed by atoms with E-state index in [9.17, 15) is 28.9 Å². The summed E-state index contributed by atoms with van der Waals surface area (Å²) in [6.45, 7) is 0.266. The zero-order valence-electron chi connectivity index (χ0n) is 17.2. The van der Waals surface area contributed by atoms with E-state index in [1.165, 1.54) is 60.7 Å². The molecule has 0 aliphatic carbocycles. The number of rotatable bonds is 8. The number of amides is 3. The second kappa shape index (κ2) is 10.6. The zero-order valence-corrected chi connectivity index (χ0v) is 17.2. The molecule has 0 aliphatic rings. The van der Waals surface area contributed by atoms with Gasteiger partial charge in [-0.15, -0.1) is 0 Å². The lowest BCUT2D eigenvalue weighted by Gasteiger charge is -2.09. The molecule has 0 bridgehead atoms. The Hall–Kier alpha value is -4.60. The molecule has 3 aromatic rings. The highest BCUT2D eigenvalue weighted by Gasteiger charge is 2.12. The molecule has 168 valence electrons. The number of benzene rings is 3. The zero-order chi connectivity index (χ0) is 23.8. The van der Waals surface area contributed by atoms with Crippen LogP contribution in [0.25, 0.3) is 0 Å². The fraction of sp³-hybridized carbons (Fsp3) is 0.0870. The van der Waals surface area contributed by atoms with Gasteiger partial charge in [0.1, 0.15) is 5.82 Å². The van der Waals surface area contributed by atoms with E-state index in [4.69, 9.17) is 0 Å². The number of anilines is 1. The molecule has 0 fully saturated rings. The van der Waals surface area contributed by atoms with Crippen molar-refractivity contribution in [2.75, 3.05) is 18.4 Å². The molecule has 3 rings (SSSR count). The first-order valence-corrected chi connectivity index (χ1v) is 9.81. The third-order valence-electron chi connectivity index (χ3n) is 4.53. The van der Waals surface area contributed by atoms with Gasteiger partial charge in [-0.25, -0.2) is 4.39 Å². The molecule has 9 nitrogen and oxygen atoms in total. The molecule has 0 atom stereocenters. The van der Waals surface area contributed by atoms with Crippen LogP contribution in [0.1, 0.15) is 31.1 Å². The Morgan fingerprint density at radius 3 is 1.91 bits per heavy atom. The molecule has 33 heavy (non-hydrogen) atoms.